The molecule has 3 nitrogen and oxygen atoms in total. The molecule has 0 N–H and O–H groups in total. The smallest absolute Gasteiger partial charge is 0.349 e. The second-order valence-corrected chi connectivity index (χ2v) is 2.49. The minimum Gasteiger partial charge on any atom is -0.391 e. The van der Waals surface area contributed by atoms with E-state index in [9.17, 15) is 4.79 Å². The molecule has 1 aromatic rings. The van der Waals surface area contributed by atoms with Gasteiger partial charge in [0.2, 0.25) is 0 Å². The third-order valence-corrected chi connectivity index (χ3v) is 1.62. The third kappa shape index (κ3) is 2.14. The molecule has 0 bridgehead atoms. The highest BCUT2D eigenvalue weighted by Gasteiger charge is 2.04. The monoisotopic (exact) mass is 263 g/mol. The van der Waals surface area contributed by atoms with Crippen molar-refractivity contribution in [2.75, 3.05) is 0 Å². The summed E-state index contributed by atoms with van der Waals surface area (Å²) in [5.41, 5.74) is 1.36. The first-order valence-corrected chi connectivity index (χ1v) is 3.87. The van der Waals surface area contributed by atoms with Gasteiger partial charge in [-0.3, -0.25) is 4.98 Å². The number of aromatic nitrogens is 1. The van der Waals surface area contributed by atoms with Crippen molar-refractivity contribution in [1.29, 1.82) is 0 Å². The van der Waals surface area contributed by atoms with Gasteiger partial charge in [0.05, 0.1) is 5.56 Å². The van der Waals surface area contributed by atoms with Crippen LogP contribution in [0.3, 0.4) is 0 Å². The van der Waals surface area contributed by atoms with Crippen molar-refractivity contribution in [2.24, 2.45) is 0 Å². The summed E-state index contributed by atoms with van der Waals surface area (Å²) in [6.45, 7) is 1.86. The number of pyridine rings is 1. The van der Waals surface area contributed by atoms with Crippen LogP contribution in [-0.4, -0.2) is 11.0 Å². The lowest BCUT2D eigenvalue weighted by Gasteiger charge is -1.95. The Bertz CT molecular complexity index is 258. The number of carbonyl (C=O) groups excluding carboxylic acids is 1. The van der Waals surface area contributed by atoms with Crippen LogP contribution in [0.2, 0.25) is 0 Å². The fourth-order valence-electron chi connectivity index (χ4n) is 0.633. The predicted octanol–water partition coefficient (Wildman–Crippen LogP) is 1.90. The standard InChI is InChI=1S/C7H6INO2/c1-5-2-3-6(4-9-5)7(10)11-8/h2-4H,1H3. The van der Waals surface area contributed by atoms with E-state index in [0.29, 0.717) is 5.56 Å². The highest BCUT2D eigenvalue weighted by molar-refractivity contribution is 14.1. The number of nitrogens with zero attached hydrogens (tertiary/aromatic N) is 1. The van der Waals surface area contributed by atoms with Crippen LogP contribution in [0.4, 0.5) is 0 Å². The molecular weight excluding hydrogens is 257 g/mol. The molecule has 0 spiro atoms. The van der Waals surface area contributed by atoms with Gasteiger partial charge < -0.3 is 3.07 Å². The van der Waals surface area contributed by atoms with Crippen molar-refractivity contribution in [3.63, 3.8) is 0 Å². The summed E-state index contributed by atoms with van der Waals surface area (Å²) in [7, 11) is 0. The maximum Gasteiger partial charge on any atom is 0.349 e. The lowest BCUT2D eigenvalue weighted by atomic mass is 10.3. The molecule has 0 amide bonds. The van der Waals surface area contributed by atoms with Gasteiger partial charge in [0.1, 0.15) is 0 Å². The van der Waals surface area contributed by atoms with Crippen molar-refractivity contribution in [3.05, 3.63) is 29.6 Å². The summed E-state index contributed by atoms with van der Waals surface area (Å²) in [5, 5.41) is 0. The maximum absolute atomic E-state index is 10.9. The largest absolute Gasteiger partial charge is 0.391 e. The molecule has 0 saturated carbocycles. The quantitative estimate of drug-likeness (QED) is 0.726. The fourth-order valence-corrected chi connectivity index (χ4v) is 0.887. The topological polar surface area (TPSA) is 39.2 Å². The zero-order chi connectivity index (χ0) is 8.27. The maximum atomic E-state index is 10.9. The van der Waals surface area contributed by atoms with Crippen LogP contribution in [0.15, 0.2) is 18.3 Å². The number of aryl methyl sites for hydroxylation is 1. The van der Waals surface area contributed by atoms with E-state index in [-0.39, 0.29) is 5.97 Å². The fraction of sp³-hybridized carbons (Fsp3) is 0.143. The summed E-state index contributed by atoms with van der Waals surface area (Å²) < 4.78 is 4.47. The number of hydrogen-bond donors (Lipinski definition) is 0. The second kappa shape index (κ2) is 3.66. The number of hydrogen-bond acceptors (Lipinski definition) is 3. The molecule has 0 radical (unpaired) electrons. The molecule has 11 heavy (non-hydrogen) atoms. The van der Waals surface area contributed by atoms with Gasteiger partial charge in [-0.15, -0.1) is 0 Å². The molecule has 1 heterocycles. The molecule has 0 aliphatic heterocycles. The Morgan fingerprint density at radius 1 is 1.64 bits per heavy atom. The van der Waals surface area contributed by atoms with Crippen LogP contribution in [0.25, 0.3) is 0 Å². The van der Waals surface area contributed by atoms with Gasteiger partial charge in [-0.25, -0.2) is 4.79 Å². The molecular formula is C7H6INO2. The molecule has 0 aliphatic carbocycles. The van der Waals surface area contributed by atoms with Gasteiger partial charge in [0.25, 0.3) is 0 Å². The molecule has 0 fully saturated rings. The summed E-state index contributed by atoms with van der Waals surface area (Å²) in [6.07, 6.45) is 1.50. The van der Waals surface area contributed by atoms with Crippen molar-refractivity contribution < 1.29 is 7.86 Å². The Morgan fingerprint density at radius 3 is 2.82 bits per heavy atom. The van der Waals surface area contributed by atoms with E-state index < -0.39 is 0 Å². The molecule has 0 saturated heterocycles. The first-order chi connectivity index (χ1) is 5.24. The minimum absolute atomic E-state index is 0.363. The normalized spacial score (nSPS) is 9.27. The summed E-state index contributed by atoms with van der Waals surface area (Å²) in [4.78, 5) is 14.8. The van der Waals surface area contributed by atoms with Gasteiger partial charge in [0, 0.05) is 11.9 Å². The minimum atomic E-state index is -0.363. The average Bonchev–Trinajstić information content (AvgIpc) is 2.05. The van der Waals surface area contributed by atoms with Crippen LogP contribution in [0, 0.1) is 6.92 Å². The zero-order valence-electron chi connectivity index (χ0n) is 5.87. The van der Waals surface area contributed by atoms with Gasteiger partial charge in [-0.1, -0.05) is 0 Å². The number of rotatable bonds is 1. The van der Waals surface area contributed by atoms with Crippen molar-refractivity contribution >= 4 is 29.0 Å². The Morgan fingerprint density at radius 2 is 2.36 bits per heavy atom. The molecule has 4 heteroatoms. The molecule has 1 aromatic heterocycles. The van der Waals surface area contributed by atoms with Crippen LogP contribution in [0.1, 0.15) is 16.1 Å². The van der Waals surface area contributed by atoms with E-state index in [1.807, 2.05) is 6.92 Å². The van der Waals surface area contributed by atoms with Crippen molar-refractivity contribution in [2.45, 2.75) is 6.92 Å². The first kappa shape index (κ1) is 8.45. The van der Waals surface area contributed by atoms with E-state index in [0.717, 1.165) is 5.69 Å². The van der Waals surface area contributed by atoms with E-state index in [4.69, 9.17) is 0 Å². The van der Waals surface area contributed by atoms with Crippen LogP contribution in [0.5, 0.6) is 0 Å². The van der Waals surface area contributed by atoms with E-state index in [2.05, 4.69) is 8.05 Å². The lowest BCUT2D eigenvalue weighted by molar-refractivity contribution is 0.0800. The summed E-state index contributed by atoms with van der Waals surface area (Å²) in [5.74, 6) is -0.363. The lowest BCUT2D eigenvalue weighted by Crippen LogP contribution is -1.98. The Kier molecular flexibility index (Phi) is 2.81. The average molecular weight is 263 g/mol. The molecule has 0 aliphatic rings. The van der Waals surface area contributed by atoms with Crippen LogP contribution < -0.4 is 0 Å². The molecule has 1 rings (SSSR count). The SMILES string of the molecule is Cc1ccc(C(=O)OI)cn1. The third-order valence-electron chi connectivity index (χ3n) is 1.22. The highest BCUT2D eigenvalue weighted by Crippen LogP contribution is 2.03. The summed E-state index contributed by atoms with van der Waals surface area (Å²) in [6, 6.07) is 3.45. The zero-order valence-corrected chi connectivity index (χ0v) is 8.03. The summed E-state index contributed by atoms with van der Waals surface area (Å²) >= 11 is 1.55. The Labute approximate surface area is 78.5 Å². The van der Waals surface area contributed by atoms with Gasteiger partial charge in [0.15, 0.2) is 23.0 Å². The highest BCUT2D eigenvalue weighted by atomic mass is 127. The van der Waals surface area contributed by atoms with E-state index in [1.165, 1.54) is 6.20 Å². The van der Waals surface area contributed by atoms with Gasteiger partial charge in [-0.05, 0) is 19.1 Å². The first-order valence-electron chi connectivity index (χ1n) is 2.99. The number of halogens is 1. The molecule has 0 aromatic carbocycles. The van der Waals surface area contributed by atoms with E-state index >= 15 is 0 Å². The van der Waals surface area contributed by atoms with Crippen molar-refractivity contribution in [3.8, 4) is 0 Å². The van der Waals surface area contributed by atoms with Gasteiger partial charge >= 0.3 is 5.97 Å². The van der Waals surface area contributed by atoms with Crippen LogP contribution >= 0.6 is 23.0 Å². The number of carbonyl (C=O) groups is 1. The Balaban J connectivity index is 2.90. The molecule has 58 valence electrons. The molecule has 0 unspecified atom stereocenters. The molecule has 0 atom stereocenters. The Hall–Kier alpha value is -0.650. The van der Waals surface area contributed by atoms with Crippen LogP contribution in [-0.2, 0) is 3.07 Å². The second-order valence-electron chi connectivity index (χ2n) is 2.05. The van der Waals surface area contributed by atoms with Crippen molar-refractivity contribution in [1.82, 2.24) is 4.98 Å². The van der Waals surface area contributed by atoms with Gasteiger partial charge in [-0.2, -0.15) is 0 Å². The predicted molar refractivity (Wildman–Crippen MR) is 48.4 cm³/mol. The van der Waals surface area contributed by atoms with E-state index in [1.54, 1.807) is 35.1 Å².